The number of para-hydroxylation sites is 1. The quantitative estimate of drug-likeness (QED) is 0.500. The van der Waals surface area contributed by atoms with Gasteiger partial charge in [-0.1, -0.05) is 47.6 Å². The predicted molar refractivity (Wildman–Crippen MR) is 125 cm³/mol. The topological polar surface area (TPSA) is 77.4 Å². The third-order valence-corrected chi connectivity index (χ3v) is 5.55. The summed E-state index contributed by atoms with van der Waals surface area (Å²) in [6, 6.07) is 22.0. The maximum absolute atomic E-state index is 6.67. The number of nitrogens with two attached hydrogens (primary N) is 1. The number of pyridine rings is 1. The van der Waals surface area contributed by atoms with Gasteiger partial charge in [-0.3, -0.25) is 0 Å². The largest absolute Gasteiger partial charge is 0.378 e. The van der Waals surface area contributed by atoms with E-state index in [9.17, 15) is 0 Å². The van der Waals surface area contributed by atoms with Crippen LogP contribution in [0.15, 0.2) is 71.3 Å². The highest BCUT2D eigenvalue weighted by Crippen LogP contribution is 2.33. The van der Waals surface area contributed by atoms with E-state index in [0.717, 1.165) is 65.6 Å². The molecule has 1 aliphatic rings. The van der Waals surface area contributed by atoms with Crippen molar-refractivity contribution < 1.29 is 9.26 Å². The summed E-state index contributed by atoms with van der Waals surface area (Å²) >= 11 is 0. The van der Waals surface area contributed by atoms with Crippen LogP contribution in [0, 0.1) is 0 Å². The van der Waals surface area contributed by atoms with Crippen molar-refractivity contribution >= 4 is 29.2 Å². The number of anilines is 1. The molecule has 4 aromatic rings. The summed E-state index contributed by atoms with van der Waals surface area (Å²) in [5.74, 6) is 0.985. The summed E-state index contributed by atoms with van der Waals surface area (Å²) < 4.78 is 11.0. The Morgan fingerprint density at radius 3 is 2.58 bits per heavy atom. The van der Waals surface area contributed by atoms with Crippen LogP contribution in [0.4, 0.5) is 5.82 Å². The van der Waals surface area contributed by atoms with Crippen molar-refractivity contribution in [3.63, 3.8) is 0 Å². The van der Waals surface area contributed by atoms with E-state index >= 15 is 0 Å². The third kappa shape index (κ3) is 4.42. The molecule has 0 spiro atoms. The van der Waals surface area contributed by atoms with E-state index in [4.69, 9.17) is 20.0 Å². The Hall–Kier alpha value is -2.93. The second kappa shape index (κ2) is 9.47. The molecule has 0 saturated carbocycles. The lowest BCUT2D eigenvalue weighted by Crippen LogP contribution is -2.36. The van der Waals surface area contributed by atoms with Gasteiger partial charge in [0.15, 0.2) is 5.58 Å². The number of nitrogens with zero attached hydrogens (tertiary/aromatic N) is 3. The maximum atomic E-state index is 6.67. The van der Waals surface area contributed by atoms with Crippen LogP contribution in [0.3, 0.4) is 0 Å². The van der Waals surface area contributed by atoms with Crippen LogP contribution < -0.4 is 10.6 Å². The zero-order chi connectivity index (χ0) is 20.3. The van der Waals surface area contributed by atoms with E-state index in [2.05, 4.69) is 34.3 Å². The molecule has 6 nitrogen and oxygen atoms in total. The highest BCUT2D eigenvalue weighted by atomic mass is 35.5. The highest BCUT2D eigenvalue weighted by Gasteiger charge is 2.19. The first-order chi connectivity index (χ1) is 14.8. The molecule has 2 aromatic heterocycles. The van der Waals surface area contributed by atoms with Crippen molar-refractivity contribution in [1.29, 1.82) is 0 Å². The molecule has 2 aromatic carbocycles. The minimum atomic E-state index is -0.205. The Kier molecular flexibility index (Phi) is 6.51. The minimum Gasteiger partial charge on any atom is -0.378 e. The first kappa shape index (κ1) is 21.3. The molecule has 3 heterocycles. The van der Waals surface area contributed by atoms with Gasteiger partial charge in [0.25, 0.3) is 0 Å². The molecule has 160 valence electrons. The molecule has 1 fully saturated rings. The van der Waals surface area contributed by atoms with Crippen molar-refractivity contribution in [3.8, 4) is 11.3 Å². The molecule has 31 heavy (non-hydrogen) atoms. The molecule has 1 aliphatic heterocycles. The van der Waals surface area contributed by atoms with Gasteiger partial charge in [0.2, 0.25) is 0 Å². The Bertz CT molecular complexity index is 1160. The molecule has 0 bridgehead atoms. The lowest BCUT2D eigenvalue weighted by molar-refractivity contribution is 0.122. The van der Waals surface area contributed by atoms with Gasteiger partial charge in [0.05, 0.1) is 13.2 Å². The molecule has 1 saturated heterocycles. The molecular weight excluding hydrogens is 412 g/mol. The Labute approximate surface area is 187 Å². The fourth-order valence-electron chi connectivity index (χ4n) is 4.00. The van der Waals surface area contributed by atoms with Gasteiger partial charge in [-0.2, -0.15) is 0 Å². The average Bonchev–Trinajstić information content (AvgIpc) is 3.24. The van der Waals surface area contributed by atoms with Gasteiger partial charge < -0.3 is 19.9 Å². The van der Waals surface area contributed by atoms with E-state index in [0.29, 0.717) is 6.42 Å². The molecular formula is C24H25ClN4O2. The molecule has 0 radical (unpaired) electrons. The summed E-state index contributed by atoms with van der Waals surface area (Å²) in [5, 5.41) is 5.32. The van der Waals surface area contributed by atoms with E-state index in [1.54, 1.807) is 0 Å². The number of hydrogen-bond acceptors (Lipinski definition) is 6. The van der Waals surface area contributed by atoms with Gasteiger partial charge in [-0.25, -0.2) is 4.98 Å². The first-order valence-corrected chi connectivity index (χ1v) is 10.3. The molecule has 2 N–H and O–H groups in total. The second-order valence-electron chi connectivity index (χ2n) is 7.51. The van der Waals surface area contributed by atoms with Gasteiger partial charge >= 0.3 is 0 Å². The number of rotatable bonds is 5. The van der Waals surface area contributed by atoms with Crippen LogP contribution in [0.5, 0.6) is 0 Å². The normalized spacial score (nSPS) is 14.9. The molecule has 5 rings (SSSR count). The van der Waals surface area contributed by atoms with Crippen LogP contribution in [-0.2, 0) is 11.2 Å². The van der Waals surface area contributed by atoms with Crippen molar-refractivity contribution in [2.75, 3.05) is 31.2 Å². The minimum absolute atomic E-state index is 0. The Morgan fingerprint density at radius 1 is 0.935 bits per heavy atom. The van der Waals surface area contributed by atoms with Crippen LogP contribution in [-0.4, -0.2) is 36.4 Å². The van der Waals surface area contributed by atoms with E-state index in [1.165, 1.54) is 0 Å². The Balaban J connectivity index is 0.00000231. The molecule has 0 amide bonds. The summed E-state index contributed by atoms with van der Waals surface area (Å²) in [4.78, 5) is 7.12. The van der Waals surface area contributed by atoms with Crippen molar-refractivity contribution in [3.05, 3.63) is 78.0 Å². The molecule has 7 heteroatoms. The monoisotopic (exact) mass is 436 g/mol. The highest BCUT2D eigenvalue weighted by molar-refractivity contribution is 5.92. The number of ether oxygens (including phenoxy) is 1. The average molecular weight is 437 g/mol. The van der Waals surface area contributed by atoms with Gasteiger partial charge in [0.1, 0.15) is 11.5 Å². The number of aromatic nitrogens is 2. The lowest BCUT2D eigenvalue weighted by atomic mass is 9.94. The van der Waals surface area contributed by atoms with Crippen molar-refractivity contribution in [2.24, 2.45) is 5.73 Å². The van der Waals surface area contributed by atoms with Crippen molar-refractivity contribution in [1.82, 2.24) is 10.1 Å². The van der Waals surface area contributed by atoms with Crippen LogP contribution in [0.25, 0.3) is 22.2 Å². The van der Waals surface area contributed by atoms with E-state index in [1.807, 2.05) is 42.5 Å². The maximum Gasteiger partial charge on any atom is 0.167 e. The van der Waals surface area contributed by atoms with Gasteiger partial charge in [0, 0.05) is 42.2 Å². The van der Waals surface area contributed by atoms with Crippen molar-refractivity contribution in [2.45, 2.75) is 12.5 Å². The van der Waals surface area contributed by atoms with Crippen LogP contribution in [0.1, 0.15) is 17.3 Å². The van der Waals surface area contributed by atoms with E-state index < -0.39 is 0 Å². The number of hydrogen-bond donors (Lipinski definition) is 1. The van der Waals surface area contributed by atoms with Crippen LogP contribution in [0.2, 0.25) is 0 Å². The van der Waals surface area contributed by atoms with Crippen LogP contribution >= 0.6 is 12.4 Å². The number of benzene rings is 2. The summed E-state index contributed by atoms with van der Waals surface area (Å²) in [5.41, 5.74) is 11.3. The third-order valence-electron chi connectivity index (χ3n) is 5.55. The fourth-order valence-corrected chi connectivity index (χ4v) is 4.00. The summed E-state index contributed by atoms with van der Waals surface area (Å²) in [6.07, 6.45) is 0.644. The summed E-state index contributed by atoms with van der Waals surface area (Å²) in [6.45, 7) is 3.21. The standard InChI is InChI=1S/C24H24N4O2.ClH/c25-21(16-17-6-5-11-23(26-17)28-12-14-29-15-13-28)18-7-1-2-8-19(18)24-20-9-3-4-10-22(20)30-27-24;/h1-11,21H,12-16,25H2;1H. The zero-order valence-electron chi connectivity index (χ0n) is 17.1. The summed E-state index contributed by atoms with van der Waals surface area (Å²) in [7, 11) is 0. The molecule has 0 aliphatic carbocycles. The fraction of sp³-hybridized carbons (Fsp3) is 0.250. The smallest absolute Gasteiger partial charge is 0.167 e. The van der Waals surface area contributed by atoms with Gasteiger partial charge in [-0.15, -0.1) is 12.4 Å². The van der Waals surface area contributed by atoms with E-state index in [-0.39, 0.29) is 18.4 Å². The molecule has 1 unspecified atom stereocenters. The zero-order valence-corrected chi connectivity index (χ0v) is 17.9. The lowest BCUT2D eigenvalue weighted by Gasteiger charge is -2.28. The van der Waals surface area contributed by atoms with Gasteiger partial charge in [-0.05, 0) is 29.8 Å². The first-order valence-electron chi connectivity index (χ1n) is 10.3. The SMILES string of the molecule is Cl.NC(Cc1cccc(N2CCOCC2)n1)c1ccccc1-c1noc2ccccc12. The molecule has 1 atom stereocenters. The Morgan fingerprint density at radius 2 is 1.71 bits per heavy atom. The second-order valence-corrected chi connectivity index (χ2v) is 7.51. The number of fused-ring (bicyclic) bond motifs is 1. The number of morpholine rings is 1. The predicted octanol–water partition coefficient (Wildman–Crippen LogP) is 4.39. The number of halogens is 1.